The zero-order valence-corrected chi connectivity index (χ0v) is 13.7. The van der Waals surface area contributed by atoms with E-state index in [1.165, 1.54) is 0 Å². The van der Waals surface area contributed by atoms with Crippen molar-refractivity contribution in [1.82, 2.24) is 10.0 Å². The molecule has 0 radical (unpaired) electrons. The topological polar surface area (TPSA) is 58.2 Å². The smallest absolute Gasteiger partial charge is 0.242 e. The van der Waals surface area contributed by atoms with Crippen LogP contribution in [-0.2, 0) is 16.6 Å². The summed E-state index contributed by atoms with van der Waals surface area (Å²) in [6.45, 7) is 0.570. The molecule has 0 saturated heterocycles. The van der Waals surface area contributed by atoms with E-state index in [4.69, 9.17) is 0 Å². The molecule has 1 aliphatic carbocycles. The highest BCUT2D eigenvalue weighted by Gasteiger charge is 2.28. The van der Waals surface area contributed by atoms with Crippen LogP contribution in [0.3, 0.4) is 0 Å². The Labute approximate surface area is 129 Å². The standard InChI is InChI=1S/C15H20N2O2S2/c1-16-10-14-15(12-8-4-5-9-13(12)20-14)21(18,19)17-11-6-2-3-7-11/h4-5,8-9,11,16-17H,2-3,6-7,10H2,1H3. The number of hydrogen-bond donors (Lipinski definition) is 2. The van der Waals surface area contributed by atoms with E-state index in [0.717, 1.165) is 40.6 Å². The van der Waals surface area contributed by atoms with Gasteiger partial charge in [0.25, 0.3) is 0 Å². The summed E-state index contributed by atoms with van der Waals surface area (Å²) >= 11 is 1.55. The van der Waals surface area contributed by atoms with Crippen LogP contribution in [0.2, 0.25) is 0 Å². The minimum atomic E-state index is -3.46. The molecule has 0 unspecified atom stereocenters. The Kier molecular flexibility index (Phi) is 4.31. The highest BCUT2D eigenvalue weighted by Crippen LogP contribution is 2.35. The van der Waals surface area contributed by atoms with E-state index in [1.807, 2.05) is 31.3 Å². The Morgan fingerprint density at radius 2 is 1.95 bits per heavy atom. The fourth-order valence-electron chi connectivity index (χ4n) is 2.97. The van der Waals surface area contributed by atoms with E-state index in [-0.39, 0.29) is 6.04 Å². The molecular weight excluding hydrogens is 304 g/mol. The summed E-state index contributed by atoms with van der Waals surface area (Å²) in [5.74, 6) is 0. The van der Waals surface area contributed by atoms with E-state index in [1.54, 1.807) is 11.3 Å². The maximum Gasteiger partial charge on any atom is 0.242 e. The predicted molar refractivity (Wildman–Crippen MR) is 87.2 cm³/mol. The summed E-state index contributed by atoms with van der Waals surface area (Å²) in [6, 6.07) is 7.81. The molecule has 4 nitrogen and oxygen atoms in total. The van der Waals surface area contributed by atoms with Gasteiger partial charge >= 0.3 is 0 Å². The maximum atomic E-state index is 12.8. The van der Waals surface area contributed by atoms with E-state index in [2.05, 4.69) is 10.0 Å². The van der Waals surface area contributed by atoms with Crippen LogP contribution in [0, 0.1) is 0 Å². The number of rotatable bonds is 5. The quantitative estimate of drug-likeness (QED) is 0.889. The molecule has 0 spiro atoms. The van der Waals surface area contributed by atoms with E-state index < -0.39 is 10.0 Å². The first-order chi connectivity index (χ1) is 10.1. The molecule has 0 aliphatic heterocycles. The molecule has 114 valence electrons. The van der Waals surface area contributed by atoms with Crippen LogP contribution in [0.25, 0.3) is 10.1 Å². The second-order valence-corrected chi connectivity index (χ2v) is 8.27. The lowest BCUT2D eigenvalue weighted by Gasteiger charge is -2.13. The number of benzene rings is 1. The monoisotopic (exact) mass is 324 g/mol. The number of nitrogens with one attached hydrogen (secondary N) is 2. The molecule has 21 heavy (non-hydrogen) atoms. The second-order valence-electron chi connectivity index (χ2n) is 5.48. The van der Waals surface area contributed by atoms with Crippen molar-refractivity contribution in [3.63, 3.8) is 0 Å². The van der Waals surface area contributed by atoms with Crippen LogP contribution in [0.4, 0.5) is 0 Å². The van der Waals surface area contributed by atoms with Gasteiger partial charge in [0.05, 0.1) is 0 Å². The van der Waals surface area contributed by atoms with Crippen LogP contribution >= 0.6 is 11.3 Å². The Morgan fingerprint density at radius 1 is 1.24 bits per heavy atom. The Hall–Kier alpha value is -0.950. The highest BCUT2D eigenvalue weighted by atomic mass is 32.2. The summed E-state index contributed by atoms with van der Waals surface area (Å²) in [5.41, 5.74) is 0. The van der Waals surface area contributed by atoms with Gasteiger partial charge in [0.1, 0.15) is 4.90 Å². The summed E-state index contributed by atoms with van der Waals surface area (Å²) in [7, 11) is -1.62. The highest BCUT2D eigenvalue weighted by molar-refractivity contribution is 7.90. The molecule has 2 aromatic rings. The predicted octanol–water partition coefficient (Wildman–Crippen LogP) is 2.84. The fourth-order valence-corrected chi connectivity index (χ4v) is 6.23. The van der Waals surface area contributed by atoms with E-state index >= 15 is 0 Å². The van der Waals surface area contributed by atoms with Crippen molar-refractivity contribution in [3.05, 3.63) is 29.1 Å². The van der Waals surface area contributed by atoms with Crippen molar-refractivity contribution in [1.29, 1.82) is 0 Å². The van der Waals surface area contributed by atoms with Crippen LogP contribution in [0.5, 0.6) is 0 Å². The van der Waals surface area contributed by atoms with Gasteiger partial charge in [0, 0.05) is 27.5 Å². The second kappa shape index (κ2) is 6.04. The molecule has 1 aromatic carbocycles. The SMILES string of the molecule is CNCc1sc2ccccc2c1S(=O)(=O)NC1CCCC1. The van der Waals surface area contributed by atoms with Crippen molar-refractivity contribution in [2.24, 2.45) is 0 Å². The number of hydrogen-bond acceptors (Lipinski definition) is 4. The normalized spacial score (nSPS) is 16.8. The van der Waals surface area contributed by atoms with Gasteiger partial charge in [0.2, 0.25) is 10.0 Å². The van der Waals surface area contributed by atoms with Gasteiger partial charge in [-0.25, -0.2) is 13.1 Å². The molecule has 0 bridgehead atoms. The molecule has 3 rings (SSSR count). The zero-order valence-electron chi connectivity index (χ0n) is 12.1. The van der Waals surface area contributed by atoms with Crippen LogP contribution in [0.15, 0.2) is 29.2 Å². The van der Waals surface area contributed by atoms with Gasteiger partial charge in [-0.15, -0.1) is 11.3 Å². The number of sulfonamides is 1. The van der Waals surface area contributed by atoms with Crippen molar-refractivity contribution in [2.45, 2.75) is 43.2 Å². The van der Waals surface area contributed by atoms with Crippen LogP contribution < -0.4 is 10.0 Å². The van der Waals surface area contributed by atoms with Gasteiger partial charge < -0.3 is 5.32 Å². The molecule has 1 fully saturated rings. The molecule has 0 atom stereocenters. The Bertz CT molecular complexity index is 731. The maximum absolute atomic E-state index is 12.8. The Balaban J connectivity index is 2.06. The van der Waals surface area contributed by atoms with Crippen molar-refractivity contribution in [3.8, 4) is 0 Å². The lowest BCUT2D eigenvalue weighted by atomic mass is 10.2. The van der Waals surface area contributed by atoms with Crippen LogP contribution in [0.1, 0.15) is 30.6 Å². The average molecular weight is 324 g/mol. The molecule has 0 amide bonds. The Morgan fingerprint density at radius 3 is 2.67 bits per heavy atom. The molecule has 2 N–H and O–H groups in total. The molecule has 1 heterocycles. The van der Waals surface area contributed by atoms with Gasteiger partial charge in [-0.2, -0.15) is 0 Å². The summed E-state index contributed by atoms with van der Waals surface area (Å²) in [4.78, 5) is 1.34. The molecule has 1 saturated carbocycles. The van der Waals surface area contributed by atoms with Gasteiger partial charge in [-0.3, -0.25) is 0 Å². The van der Waals surface area contributed by atoms with Crippen molar-refractivity contribution >= 4 is 31.4 Å². The van der Waals surface area contributed by atoms with Gasteiger partial charge in [-0.05, 0) is 26.0 Å². The molecular formula is C15H20N2O2S2. The summed E-state index contributed by atoms with van der Waals surface area (Å²) in [6.07, 6.45) is 4.12. The third-order valence-electron chi connectivity index (χ3n) is 3.90. The lowest BCUT2D eigenvalue weighted by molar-refractivity contribution is 0.552. The third-order valence-corrected chi connectivity index (χ3v) is 6.85. The number of thiophene rings is 1. The minimum Gasteiger partial charge on any atom is -0.315 e. The third kappa shape index (κ3) is 2.99. The first kappa shape index (κ1) is 15.0. The largest absolute Gasteiger partial charge is 0.315 e. The summed E-state index contributed by atoms with van der Waals surface area (Å²) in [5, 5.41) is 3.90. The van der Waals surface area contributed by atoms with Crippen LogP contribution in [-0.4, -0.2) is 21.5 Å². The van der Waals surface area contributed by atoms with Gasteiger partial charge in [-0.1, -0.05) is 31.0 Å². The molecule has 1 aromatic heterocycles. The minimum absolute atomic E-state index is 0.0936. The first-order valence-electron chi connectivity index (χ1n) is 7.29. The van der Waals surface area contributed by atoms with Gasteiger partial charge in [0.15, 0.2) is 0 Å². The summed E-state index contributed by atoms with van der Waals surface area (Å²) < 4.78 is 29.6. The zero-order chi connectivity index (χ0) is 14.9. The average Bonchev–Trinajstić information content (AvgIpc) is 3.05. The number of fused-ring (bicyclic) bond motifs is 1. The molecule has 1 aliphatic rings. The molecule has 6 heteroatoms. The first-order valence-corrected chi connectivity index (χ1v) is 9.59. The van der Waals surface area contributed by atoms with Crippen molar-refractivity contribution < 1.29 is 8.42 Å². The lowest BCUT2D eigenvalue weighted by Crippen LogP contribution is -2.33. The van der Waals surface area contributed by atoms with Crippen molar-refractivity contribution in [2.75, 3.05) is 7.05 Å². The van der Waals surface area contributed by atoms with E-state index in [9.17, 15) is 8.42 Å². The van der Waals surface area contributed by atoms with E-state index in [0.29, 0.717) is 11.4 Å². The fraction of sp³-hybridized carbons (Fsp3) is 0.467.